The average molecular weight is 810 g/mol. The van der Waals surface area contributed by atoms with Crippen molar-refractivity contribution in [1.29, 1.82) is 0 Å². The van der Waals surface area contributed by atoms with E-state index in [4.69, 9.17) is 37.8 Å². The van der Waals surface area contributed by atoms with Crippen molar-refractivity contribution in [2.45, 2.75) is 101 Å². The number of carbonyl (C=O) groups is 1. The molecule has 2 aliphatic carbocycles. The highest BCUT2D eigenvalue weighted by atomic mass is 35.5. The van der Waals surface area contributed by atoms with E-state index in [2.05, 4.69) is 11.1 Å². The van der Waals surface area contributed by atoms with E-state index >= 15 is 0 Å². The second-order valence-electron chi connectivity index (χ2n) is 14.1. The van der Waals surface area contributed by atoms with Gasteiger partial charge in [0.05, 0.1) is 30.7 Å². The van der Waals surface area contributed by atoms with Crippen LogP contribution in [0.3, 0.4) is 0 Å². The molecule has 0 unspecified atom stereocenters. The Morgan fingerprint density at radius 1 is 0.963 bits per heavy atom. The lowest BCUT2D eigenvalue weighted by Gasteiger charge is -2.30. The Morgan fingerprint density at radius 2 is 1.67 bits per heavy atom. The van der Waals surface area contributed by atoms with Gasteiger partial charge in [-0.05, 0) is 85.9 Å². The van der Waals surface area contributed by atoms with Crippen molar-refractivity contribution in [3.63, 3.8) is 0 Å². The van der Waals surface area contributed by atoms with Crippen LogP contribution in [-0.2, 0) is 38.0 Å². The molecule has 4 atom stereocenters. The van der Waals surface area contributed by atoms with Crippen molar-refractivity contribution in [3.8, 4) is 16.9 Å². The summed E-state index contributed by atoms with van der Waals surface area (Å²) >= 11 is 13.5. The lowest BCUT2D eigenvalue weighted by atomic mass is 9.96. The first-order chi connectivity index (χ1) is 25.8. The van der Waals surface area contributed by atoms with E-state index in [1.165, 1.54) is 6.92 Å². The topological polar surface area (TPSA) is 187 Å². The summed E-state index contributed by atoms with van der Waals surface area (Å²) in [6.45, 7) is 0.682. The Morgan fingerprint density at radius 3 is 2.35 bits per heavy atom. The van der Waals surface area contributed by atoms with E-state index in [0.717, 1.165) is 64.1 Å². The van der Waals surface area contributed by atoms with Crippen molar-refractivity contribution in [1.82, 2.24) is 9.88 Å². The summed E-state index contributed by atoms with van der Waals surface area (Å²) in [6.07, 6.45) is 2.00. The number of nitrogens with zero attached hydrogens (tertiary/aromatic N) is 2. The monoisotopic (exact) mass is 808 g/mol. The molecule has 5 N–H and O–H groups in total. The number of ether oxygens (including phenoxy) is 2. The molecule has 54 heavy (non-hydrogen) atoms. The molecule has 0 radical (unpaired) electrons. The van der Waals surface area contributed by atoms with Gasteiger partial charge in [0.25, 0.3) is 5.91 Å². The molecule has 296 valence electrons. The van der Waals surface area contributed by atoms with E-state index in [1.54, 1.807) is 6.20 Å². The lowest BCUT2D eigenvalue weighted by molar-refractivity contribution is -0.158. The largest absolute Gasteiger partial charge is 0.490 e. The molecule has 15 heteroatoms. The molecule has 2 aliphatic rings. The predicted octanol–water partition coefficient (Wildman–Crippen LogP) is 4.21. The number of aliphatic hydroxyl groups excluding tert-OH is 5. The van der Waals surface area contributed by atoms with Crippen LogP contribution in [0, 0.1) is 0 Å². The van der Waals surface area contributed by atoms with Gasteiger partial charge < -0.3 is 39.9 Å². The molecule has 1 aromatic heterocycles. The van der Waals surface area contributed by atoms with Gasteiger partial charge in [0.15, 0.2) is 15.9 Å². The van der Waals surface area contributed by atoms with E-state index < -0.39 is 52.4 Å². The highest BCUT2D eigenvalue weighted by Crippen LogP contribution is 2.53. The third-order valence-electron chi connectivity index (χ3n) is 10.0. The minimum atomic E-state index is -3.46. The average Bonchev–Trinajstić information content (AvgIpc) is 4.13. The number of pyridine rings is 1. The fourth-order valence-electron chi connectivity index (χ4n) is 6.28. The zero-order valence-corrected chi connectivity index (χ0v) is 32.6. The number of aliphatic hydroxyl groups is 5. The molecular formula is C39H50Cl2N2O10S. The number of benzene rings is 2. The second kappa shape index (κ2) is 18.9. The molecule has 12 nitrogen and oxygen atoms in total. The van der Waals surface area contributed by atoms with Crippen molar-refractivity contribution in [2.24, 2.45) is 0 Å². The lowest BCUT2D eigenvalue weighted by Crippen LogP contribution is -2.53. The summed E-state index contributed by atoms with van der Waals surface area (Å²) in [5, 5.41) is 50.4. The Labute approximate surface area is 326 Å². The van der Waals surface area contributed by atoms with Crippen LogP contribution in [0.15, 0.2) is 54.9 Å². The fourth-order valence-corrected chi connectivity index (χ4v) is 7.59. The zero-order valence-electron chi connectivity index (χ0n) is 30.3. The minimum Gasteiger partial charge on any atom is -0.490 e. The molecule has 0 aliphatic heterocycles. The number of rotatable bonds is 22. The number of aromatic nitrogens is 1. The Balaban J connectivity index is 1.17. The van der Waals surface area contributed by atoms with Gasteiger partial charge in [-0.25, -0.2) is 8.42 Å². The number of amides is 1. The summed E-state index contributed by atoms with van der Waals surface area (Å²) in [5.74, 6) is -0.621. The van der Waals surface area contributed by atoms with Gasteiger partial charge in [-0.2, -0.15) is 0 Å². The molecular weight excluding hydrogens is 759 g/mol. The van der Waals surface area contributed by atoms with E-state index in [1.807, 2.05) is 42.6 Å². The van der Waals surface area contributed by atoms with Crippen molar-refractivity contribution < 1.29 is 48.2 Å². The maximum atomic E-state index is 13.1. The Hall–Kier alpha value is -2.85. The van der Waals surface area contributed by atoms with Crippen molar-refractivity contribution in [3.05, 3.63) is 81.6 Å². The minimum absolute atomic E-state index is 0.0742. The van der Waals surface area contributed by atoms with Crippen LogP contribution in [0.4, 0.5) is 0 Å². The number of sulfone groups is 1. The zero-order chi connectivity index (χ0) is 39.0. The number of halogens is 2. The van der Waals surface area contributed by atoms with Crippen LogP contribution >= 0.6 is 23.2 Å². The van der Waals surface area contributed by atoms with E-state index in [9.17, 15) is 33.6 Å². The van der Waals surface area contributed by atoms with Gasteiger partial charge in [-0.15, -0.1) is 0 Å². The fraction of sp³-hybridized carbons (Fsp3) is 0.538. The molecule has 2 aromatic carbocycles. The molecule has 5 rings (SSSR count). The van der Waals surface area contributed by atoms with Gasteiger partial charge >= 0.3 is 0 Å². The normalized spacial score (nSPS) is 17.4. The van der Waals surface area contributed by atoms with Crippen LogP contribution in [0.1, 0.15) is 68.6 Å². The predicted molar refractivity (Wildman–Crippen MR) is 205 cm³/mol. The van der Waals surface area contributed by atoms with Crippen molar-refractivity contribution >= 4 is 38.9 Å². The van der Waals surface area contributed by atoms with Gasteiger partial charge in [0.2, 0.25) is 0 Å². The first-order valence-electron chi connectivity index (χ1n) is 18.4. The standard InChI is InChI=1S/C39H50Cl2N2O10S/c1-2-54(50,51)19-18-43(38(49)37(48)36(47)35(46)33(45)23-44)17-7-3-4-8-25-20-32(41)26(21-31(25)40)24-52-39(14-15-39)30-22-42-16-13-28(30)29-9-5-6-10-34(29)53-27-11-12-27/h5-6,9-10,13,16,20-22,27,33,35-37,44-48H,2-4,7-8,11-12,14-15,17-19,23-24H2,1H3/t33-,35+,36-,37-/m1/s1. The van der Waals surface area contributed by atoms with Crippen LogP contribution in [0.25, 0.3) is 11.1 Å². The first kappa shape index (κ1) is 42.3. The summed E-state index contributed by atoms with van der Waals surface area (Å²) in [4.78, 5) is 18.6. The molecule has 2 saturated carbocycles. The van der Waals surface area contributed by atoms with Gasteiger partial charge in [-0.3, -0.25) is 9.78 Å². The highest BCUT2D eigenvalue weighted by molar-refractivity contribution is 7.91. The van der Waals surface area contributed by atoms with E-state index in [-0.39, 0.29) is 37.3 Å². The Bertz CT molecular complexity index is 1840. The van der Waals surface area contributed by atoms with Crippen LogP contribution < -0.4 is 4.74 Å². The quantitative estimate of drug-likeness (QED) is 0.0916. The molecule has 0 spiro atoms. The smallest absolute Gasteiger partial charge is 0.254 e. The number of para-hydroxylation sites is 1. The Kier molecular flexibility index (Phi) is 14.8. The first-order valence-corrected chi connectivity index (χ1v) is 21.0. The molecule has 2 fully saturated rings. The number of unbranched alkanes of at least 4 members (excludes halogenated alkanes) is 2. The number of hydrogen-bond donors (Lipinski definition) is 5. The summed E-state index contributed by atoms with van der Waals surface area (Å²) in [6, 6.07) is 13.7. The second-order valence-corrected chi connectivity index (χ2v) is 17.4. The van der Waals surface area contributed by atoms with Crippen LogP contribution in [0.2, 0.25) is 10.0 Å². The SMILES string of the molecule is CCS(=O)(=O)CCN(CCCCCc1cc(Cl)c(COC2(c3cnccc3-c3ccccc3OC3CC3)CC2)cc1Cl)C(=O)[C@H](O)[C@H](O)[C@@H](O)[C@H](O)CO. The number of hydrogen-bond acceptors (Lipinski definition) is 11. The third kappa shape index (κ3) is 10.9. The van der Waals surface area contributed by atoms with E-state index in [0.29, 0.717) is 35.7 Å². The summed E-state index contributed by atoms with van der Waals surface area (Å²) in [5.41, 5.74) is 4.14. The maximum absolute atomic E-state index is 13.1. The molecule has 1 heterocycles. The molecule has 0 bridgehead atoms. The van der Waals surface area contributed by atoms with Crippen LogP contribution in [0.5, 0.6) is 5.75 Å². The van der Waals surface area contributed by atoms with Gasteiger partial charge in [0.1, 0.15) is 24.1 Å². The van der Waals surface area contributed by atoms with Gasteiger partial charge in [-0.1, -0.05) is 54.7 Å². The number of carbonyl (C=O) groups excluding carboxylic acids is 1. The van der Waals surface area contributed by atoms with Crippen molar-refractivity contribution in [2.75, 3.05) is 31.2 Å². The number of aryl methyl sites for hydroxylation is 1. The molecule has 3 aromatic rings. The highest BCUT2D eigenvalue weighted by Gasteiger charge is 2.48. The summed E-state index contributed by atoms with van der Waals surface area (Å²) in [7, 11) is -3.46. The van der Waals surface area contributed by atoms with Gasteiger partial charge in [0, 0.05) is 52.4 Å². The molecule has 0 saturated heterocycles. The van der Waals surface area contributed by atoms with Crippen LogP contribution in [-0.4, -0.2) is 111 Å². The molecule has 1 amide bonds. The maximum Gasteiger partial charge on any atom is 0.254 e. The third-order valence-corrected chi connectivity index (χ3v) is 12.4. The summed E-state index contributed by atoms with van der Waals surface area (Å²) < 4.78 is 37.1.